The maximum absolute atomic E-state index is 15.7. The van der Waals surface area contributed by atoms with Crippen LogP contribution in [0.1, 0.15) is 49.8 Å². The first-order chi connectivity index (χ1) is 19.3. The number of hydrogen-bond acceptors (Lipinski definition) is 5. The molecule has 0 aliphatic carbocycles. The van der Waals surface area contributed by atoms with Gasteiger partial charge in [-0.15, -0.1) is 0 Å². The van der Waals surface area contributed by atoms with E-state index in [9.17, 15) is 4.79 Å². The zero-order chi connectivity index (χ0) is 29.7. The van der Waals surface area contributed by atoms with Gasteiger partial charge in [-0.25, -0.2) is 8.78 Å². The fourth-order valence-electron chi connectivity index (χ4n) is 6.08. The van der Waals surface area contributed by atoms with Crippen LogP contribution in [0.2, 0.25) is 10.0 Å². The van der Waals surface area contributed by atoms with Crippen molar-refractivity contribution in [2.75, 3.05) is 5.32 Å². The third-order valence-electron chi connectivity index (χ3n) is 7.87. The molecule has 41 heavy (non-hydrogen) atoms. The average Bonchev–Trinajstić information content (AvgIpc) is 3.58. The quantitative estimate of drug-likeness (QED) is 0.221. The normalized spacial score (nSPS) is 27.6. The van der Waals surface area contributed by atoms with E-state index in [1.165, 1.54) is 12.1 Å². The minimum Gasteiger partial charge on any atom is -0.481 e. The van der Waals surface area contributed by atoms with Gasteiger partial charge in [0, 0.05) is 34.3 Å². The Kier molecular flexibility index (Phi) is 8.09. The number of carboxylic acids is 1. The van der Waals surface area contributed by atoms with Gasteiger partial charge in [0.1, 0.15) is 17.7 Å². The van der Waals surface area contributed by atoms with Crippen LogP contribution in [0.3, 0.4) is 0 Å². The van der Waals surface area contributed by atoms with Crippen LogP contribution >= 0.6 is 23.2 Å². The summed E-state index contributed by atoms with van der Waals surface area (Å²) in [5.41, 5.74) is 7.65. The van der Waals surface area contributed by atoms with E-state index in [0.29, 0.717) is 12.0 Å². The molecule has 0 spiro atoms. The summed E-state index contributed by atoms with van der Waals surface area (Å²) in [4.78, 5) is 11.0. The van der Waals surface area contributed by atoms with Crippen molar-refractivity contribution in [2.24, 2.45) is 11.1 Å². The van der Waals surface area contributed by atoms with Crippen molar-refractivity contribution >= 4 is 34.9 Å². The molecule has 0 radical (unpaired) electrons. The molecule has 0 saturated carbocycles. The topological polar surface area (TPSA) is 99.9 Å². The summed E-state index contributed by atoms with van der Waals surface area (Å²) in [6, 6.07) is 15.3. The van der Waals surface area contributed by atoms with Gasteiger partial charge in [0.25, 0.3) is 0 Å². The number of nitrogens with two attached hydrogens (primary N) is 1. The standard InChI is InChI=1S/C31H33Cl2F2N3O3/c1-30(2,3)15-23-31(36,20-12-9-17(32)14-22(20)34)25(19-5-4-6-21(33)26(19)35)27(38-23)28-29(41-28)37-18-10-7-16(8-11-18)13-24(39)40/h4-12,14,23,25,27-29,37-38H,13,15,36H2,1-3H3,(H,39,40). The lowest BCUT2D eigenvalue weighted by Gasteiger charge is -2.40. The second-order valence-corrected chi connectivity index (χ2v) is 13.0. The van der Waals surface area contributed by atoms with Crippen molar-refractivity contribution < 1.29 is 23.4 Å². The molecule has 3 aromatic rings. The summed E-state index contributed by atoms with van der Waals surface area (Å²) in [7, 11) is 0. The van der Waals surface area contributed by atoms with Crippen LogP contribution in [0.25, 0.3) is 0 Å². The SMILES string of the molecule is CC(C)(C)CC1NC(C2OC2Nc2ccc(CC(=O)O)cc2)C(c2cccc(Cl)c2F)C1(N)c1ccc(Cl)cc1F. The molecule has 2 aliphatic heterocycles. The monoisotopic (exact) mass is 603 g/mol. The maximum Gasteiger partial charge on any atom is 0.307 e. The molecule has 2 heterocycles. The lowest BCUT2D eigenvalue weighted by molar-refractivity contribution is -0.136. The molecule has 0 bridgehead atoms. The lowest BCUT2D eigenvalue weighted by atomic mass is 9.68. The highest BCUT2D eigenvalue weighted by atomic mass is 35.5. The third kappa shape index (κ3) is 6.08. The molecule has 6 atom stereocenters. The Morgan fingerprint density at radius 3 is 2.46 bits per heavy atom. The average molecular weight is 605 g/mol. The Balaban J connectivity index is 1.54. The molecule has 0 aromatic heterocycles. The number of anilines is 1. The first-order valence-corrected chi connectivity index (χ1v) is 14.2. The summed E-state index contributed by atoms with van der Waals surface area (Å²) < 4.78 is 37.5. The molecule has 10 heteroatoms. The van der Waals surface area contributed by atoms with Crippen molar-refractivity contribution in [3.63, 3.8) is 0 Å². The second kappa shape index (κ2) is 11.2. The van der Waals surface area contributed by atoms with Crippen molar-refractivity contribution in [2.45, 2.75) is 69.5 Å². The number of carbonyl (C=O) groups is 1. The van der Waals surface area contributed by atoms with Gasteiger partial charge in [0.05, 0.1) is 17.0 Å². The molecule has 218 valence electrons. The summed E-state index contributed by atoms with van der Waals surface area (Å²) in [6.45, 7) is 6.21. The summed E-state index contributed by atoms with van der Waals surface area (Å²) >= 11 is 12.3. The highest BCUT2D eigenvalue weighted by molar-refractivity contribution is 6.31. The number of benzene rings is 3. The molecule has 2 aliphatic rings. The molecule has 3 aromatic carbocycles. The predicted octanol–water partition coefficient (Wildman–Crippen LogP) is 6.45. The maximum atomic E-state index is 15.7. The van der Waals surface area contributed by atoms with E-state index in [-0.39, 0.29) is 33.0 Å². The minimum atomic E-state index is -1.38. The largest absolute Gasteiger partial charge is 0.481 e. The van der Waals surface area contributed by atoms with Crippen LogP contribution in [0.4, 0.5) is 14.5 Å². The van der Waals surface area contributed by atoms with Gasteiger partial charge in [-0.3, -0.25) is 4.79 Å². The van der Waals surface area contributed by atoms with Crippen molar-refractivity contribution in [3.8, 4) is 0 Å². The zero-order valence-corrected chi connectivity index (χ0v) is 24.4. The molecule has 5 rings (SSSR count). The highest BCUT2D eigenvalue weighted by Gasteiger charge is 2.62. The van der Waals surface area contributed by atoms with Crippen molar-refractivity contribution in [1.29, 1.82) is 0 Å². The summed E-state index contributed by atoms with van der Waals surface area (Å²) in [6.07, 6.45) is -0.372. The lowest BCUT2D eigenvalue weighted by Crippen LogP contribution is -2.52. The number of aliphatic carboxylic acids is 1. The van der Waals surface area contributed by atoms with Crippen LogP contribution in [-0.2, 0) is 21.5 Å². The summed E-state index contributed by atoms with van der Waals surface area (Å²) in [5.74, 6) is -2.83. The van der Waals surface area contributed by atoms with Crippen LogP contribution in [0, 0.1) is 17.0 Å². The number of rotatable bonds is 8. The highest BCUT2D eigenvalue weighted by Crippen LogP contribution is 2.52. The summed E-state index contributed by atoms with van der Waals surface area (Å²) in [5, 5.41) is 16.1. The van der Waals surface area contributed by atoms with Crippen LogP contribution in [0.5, 0.6) is 0 Å². The zero-order valence-electron chi connectivity index (χ0n) is 22.9. The molecule has 2 saturated heterocycles. The smallest absolute Gasteiger partial charge is 0.307 e. The Hall–Kier alpha value is -2.75. The Morgan fingerprint density at radius 1 is 1.12 bits per heavy atom. The fourth-order valence-corrected chi connectivity index (χ4v) is 6.42. The van der Waals surface area contributed by atoms with Gasteiger partial charge in [0.15, 0.2) is 6.23 Å². The number of halogens is 4. The number of carboxylic acid groups (broad SMARTS) is 1. The van der Waals surface area contributed by atoms with Crippen LogP contribution in [0.15, 0.2) is 60.7 Å². The molecule has 6 nitrogen and oxygen atoms in total. The van der Waals surface area contributed by atoms with E-state index in [4.69, 9.17) is 38.8 Å². The van der Waals surface area contributed by atoms with Crippen molar-refractivity contribution in [1.82, 2.24) is 5.32 Å². The third-order valence-corrected chi connectivity index (χ3v) is 8.40. The Morgan fingerprint density at radius 2 is 1.83 bits per heavy atom. The Labute approximate surface area is 248 Å². The van der Waals surface area contributed by atoms with Gasteiger partial charge in [0.2, 0.25) is 0 Å². The van der Waals surface area contributed by atoms with E-state index < -0.39 is 53.5 Å². The van der Waals surface area contributed by atoms with Gasteiger partial charge in [-0.2, -0.15) is 0 Å². The van der Waals surface area contributed by atoms with E-state index >= 15 is 8.78 Å². The molecule has 5 N–H and O–H groups in total. The number of hydrogen-bond donors (Lipinski definition) is 4. The molecular formula is C31H33Cl2F2N3O3. The number of epoxide rings is 1. The number of ether oxygens (including phenoxy) is 1. The van der Waals surface area contributed by atoms with Gasteiger partial charge in [-0.1, -0.05) is 74.3 Å². The Bertz CT molecular complexity index is 1450. The van der Waals surface area contributed by atoms with E-state index in [2.05, 4.69) is 31.4 Å². The van der Waals surface area contributed by atoms with Crippen LogP contribution < -0.4 is 16.4 Å². The molecule has 2 fully saturated rings. The van der Waals surface area contributed by atoms with E-state index in [1.807, 2.05) is 0 Å². The number of nitrogens with one attached hydrogen (secondary N) is 2. The van der Waals surface area contributed by atoms with E-state index in [1.54, 1.807) is 48.5 Å². The molecule has 0 amide bonds. The first-order valence-electron chi connectivity index (χ1n) is 13.4. The van der Waals surface area contributed by atoms with Gasteiger partial charge >= 0.3 is 5.97 Å². The van der Waals surface area contributed by atoms with Crippen LogP contribution in [-0.4, -0.2) is 35.5 Å². The fraction of sp³-hybridized carbons (Fsp3) is 0.387. The minimum absolute atomic E-state index is 0.0488. The predicted molar refractivity (Wildman–Crippen MR) is 156 cm³/mol. The first kappa shape index (κ1) is 29.7. The second-order valence-electron chi connectivity index (χ2n) is 12.1. The molecular weight excluding hydrogens is 571 g/mol. The van der Waals surface area contributed by atoms with Crippen molar-refractivity contribution in [3.05, 3.63) is 99.0 Å². The van der Waals surface area contributed by atoms with E-state index in [0.717, 1.165) is 5.69 Å². The van der Waals surface area contributed by atoms with Gasteiger partial charge < -0.3 is 26.2 Å². The van der Waals surface area contributed by atoms with Gasteiger partial charge in [-0.05, 0) is 53.3 Å². The molecule has 6 unspecified atom stereocenters.